The van der Waals surface area contributed by atoms with Crippen molar-refractivity contribution < 1.29 is 0 Å². The molecule has 16 heavy (non-hydrogen) atoms. The molecule has 90 valence electrons. The number of benzene rings is 1. The predicted octanol–water partition coefficient (Wildman–Crippen LogP) is 4.85. The van der Waals surface area contributed by atoms with Crippen molar-refractivity contribution in [3.8, 4) is 0 Å². The molecule has 0 nitrogen and oxygen atoms in total. The van der Waals surface area contributed by atoms with E-state index >= 15 is 0 Å². The summed E-state index contributed by atoms with van der Waals surface area (Å²) in [6.07, 6.45) is 2.31. The third-order valence-electron chi connectivity index (χ3n) is 2.82. The van der Waals surface area contributed by atoms with Crippen molar-refractivity contribution in [3.05, 3.63) is 35.4 Å². The molecule has 0 aliphatic rings. The molecule has 0 bridgehead atoms. The number of rotatable bonds is 5. The fourth-order valence-corrected chi connectivity index (χ4v) is 2.12. The average Bonchev–Trinajstić information content (AvgIpc) is 2.20. The topological polar surface area (TPSA) is 0 Å². The molecule has 0 heterocycles. The molecule has 0 aromatic heterocycles. The normalized spacial score (nSPS) is 13.4. The van der Waals surface area contributed by atoms with Crippen molar-refractivity contribution in [1.29, 1.82) is 0 Å². The van der Waals surface area contributed by atoms with Gasteiger partial charge in [0.05, 0.1) is 0 Å². The third-order valence-corrected chi connectivity index (χ3v) is 4.20. The highest BCUT2D eigenvalue weighted by atomic mass is 79.9. The van der Waals surface area contributed by atoms with Crippen molar-refractivity contribution in [1.82, 2.24) is 0 Å². The molecule has 0 fully saturated rings. The standard InChI is InChI=1S/C15H23Br/c1-11(2)9-13-5-7-14(8-6-13)10-15(16)12(3)4/h5-8,11-12,15H,9-10H2,1-4H3. The van der Waals surface area contributed by atoms with Gasteiger partial charge >= 0.3 is 0 Å². The van der Waals surface area contributed by atoms with Crippen LogP contribution in [0.25, 0.3) is 0 Å². The van der Waals surface area contributed by atoms with Crippen molar-refractivity contribution in [3.63, 3.8) is 0 Å². The van der Waals surface area contributed by atoms with Crippen LogP contribution in [-0.2, 0) is 12.8 Å². The summed E-state index contributed by atoms with van der Waals surface area (Å²) in [6.45, 7) is 9.04. The molecule has 0 aliphatic heterocycles. The molecule has 1 rings (SSSR count). The van der Waals surface area contributed by atoms with E-state index in [9.17, 15) is 0 Å². The Morgan fingerprint density at radius 1 is 0.875 bits per heavy atom. The Labute approximate surface area is 109 Å². The van der Waals surface area contributed by atoms with Crippen LogP contribution in [0.15, 0.2) is 24.3 Å². The summed E-state index contributed by atoms with van der Waals surface area (Å²) >= 11 is 3.74. The van der Waals surface area contributed by atoms with Crippen LogP contribution >= 0.6 is 15.9 Å². The van der Waals surface area contributed by atoms with Gasteiger partial charge in [0, 0.05) is 4.83 Å². The lowest BCUT2D eigenvalue weighted by atomic mass is 9.98. The van der Waals surface area contributed by atoms with Gasteiger partial charge in [0.25, 0.3) is 0 Å². The molecule has 0 amide bonds. The Balaban J connectivity index is 2.57. The van der Waals surface area contributed by atoms with Crippen LogP contribution in [0.2, 0.25) is 0 Å². The van der Waals surface area contributed by atoms with E-state index in [-0.39, 0.29) is 0 Å². The second-order valence-corrected chi connectivity index (χ2v) is 6.55. The van der Waals surface area contributed by atoms with Crippen LogP contribution in [0.5, 0.6) is 0 Å². The summed E-state index contributed by atoms with van der Waals surface area (Å²) in [5.74, 6) is 1.43. The molecule has 0 radical (unpaired) electrons. The van der Waals surface area contributed by atoms with Crippen molar-refractivity contribution in [2.45, 2.75) is 45.4 Å². The van der Waals surface area contributed by atoms with E-state index in [0.717, 1.165) is 12.3 Å². The minimum Gasteiger partial charge on any atom is -0.0884 e. The molecule has 1 atom stereocenters. The quantitative estimate of drug-likeness (QED) is 0.678. The lowest BCUT2D eigenvalue weighted by Gasteiger charge is -2.14. The molecule has 0 saturated carbocycles. The molecular formula is C15H23Br. The van der Waals surface area contributed by atoms with Crippen LogP contribution in [0.1, 0.15) is 38.8 Å². The van der Waals surface area contributed by atoms with Gasteiger partial charge in [0.1, 0.15) is 0 Å². The fourth-order valence-electron chi connectivity index (χ4n) is 1.74. The van der Waals surface area contributed by atoms with E-state index in [1.165, 1.54) is 17.5 Å². The first-order valence-electron chi connectivity index (χ1n) is 6.21. The molecule has 1 unspecified atom stereocenters. The smallest absolute Gasteiger partial charge is 0.0209 e. The maximum atomic E-state index is 3.74. The van der Waals surface area contributed by atoms with Gasteiger partial charge in [-0.1, -0.05) is 67.9 Å². The van der Waals surface area contributed by atoms with Gasteiger partial charge < -0.3 is 0 Å². The van der Waals surface area contributed by atoms with Crippen molar-refractivity contribution in [2.24, 2.45) is 11.8 Å². The van der Waals surface area contributed by atoms with Gasteiger partial charge in [0.15, 0.2) is 0 Å². The molecule has 1 aromatic carbocycles. The van der Waals surface area contributed by atoms with Gasteiger partial charge in [0.2, 0.25) is 0 Å². The Morgan fingerprint density at radius 2 is 1.31 bits per heavy atom. The van der Waals surface area contributed by atoms with Crippen LogP contribution in [0, 0.1) is 11.8 Å². The van der Waals surface area contributed by atoms with E-state index in [1.54, 1.807) is 0 Å². The van der Waals surface area contributed by atoms with Gasteiger partial charge in [-0.3, -0.25) is 0 Å². The minimum atomic E-state index is 0.587. The highest BCUT2D eigenvalue weighted by Gasteiger charge is 2.09. The molecule has 0 aliphatic carbocycles. The Morgan fingerprint density at radius 3 is 1.69 bits per heavy atom. The minimum absolute atomic E-state index is 0.587. The zero-order valence-electron chi connectivity index (χ0n) is 10.8. The molecular weight excluding hydrogens is 260 g/mol. The van der Waals surface area contributed by atoms with E-state index in [4.69, 9.17) is 0 Å². The maximum Gasteiger partial charge on any atom is 0.0209 e. The number of alkyl halides is 1. The van der Waals surface area contributed by atoms with E-state index in [1.807, 2.05) is 0 Å². The summed E-state index contributed by atoms with van der Waals surface area (Å²) in [5, 5.41) is 0. The summed E-state index contributed by atoms with van der Waals surface area (Å²) in [6, 6.07) is 9.09. The summed E-state index contributed by atoms with van der Waals surface area (Å²) < 4.78 is 0. The molecule has 1 aromatic rings. The summed E-state index contributed by atoms with van der Waals surface area (Å²) in [4.78, 5) is 0.587. The van der Waals surface area contributed by atoms with Gasteiger partial charge in [-0.2, -0.15) is 0 Å². The first kappa shape index (κ1) is 13.8. The second-order valence-electron chi connectivity index (χ2n) is 5.38. The number of halogens is 1. The van der Waals surface area contributed by atoms with E-state index in [0.29, 0.717) is 10.7 Å². The second kappa shape index (κ2) is 6.44. The van der Waals surface area contributed by atoms with Gasteiger partial charge in [-0.25, -0.2) is 0 Å². The Bertz CT molecular complexity index is 298. The lowest BCUT2D eigenvalue weighted by Crippen LogP contribution is -2.10. The van der Waals surface area contributed by atoms with Crippen LogP contribution < -0.4 is 0 Å². The van der Waals surface area contributed by atoms with Crippen LogP contribution in [-0.4, -0.2) is 4.83 Å². The first-order valence-corrected chi connectivity index (χ1v) is 7.12. The number of hydrogen-bond acceptors (Lipinski definition) is 0. The largest absolute Gasteiger partial charge is 0.0884 e. The number of hydrogen-bond donors (Lipinski definition) is 0. The maximum absolute atomic E-state index is 3.74. The highest BCUT2D eigenvalue weighted by molar-refractivity contribution is 9.09. The van der Waals surface area contributed by atoms with Crippen LogP contribution in [0.3, 0.4) is 0 Å². The van der Waals surface area contributed by atoms with Crippen LogP contribution in [0.4, 0.5) is 0 Å². The zero-order valence-corrected chi connectivity index (χ0v) is 12.4. The lowest BCUT2D eigenvalue weighted by molar-refractivity contribution is 0.612. The van der Waals surface area contributed by atoms with Gasteiger partial charge in [-0.05, 0) is 35.8 Å². The molecule has 0 saturated heterocycles. The predicted molar refractivity (Wildman–Crippen MR) is 76.2 cm³/mol. The Kier molecular flexibility index (Phi) is 5.54. The van der Waals surface area contributed by atoms with Crippen molar-refractivity contribution >= 4 is 15.9 Å². The van der Waals surface area contributed by atoms with E-state index in [2.05, 4.69) is 67.9 Å². The first-order chi connectivity index (χ1) is 7.49. The molecule has 0 spiro atoms. The monoisotopic (exact) mass is 282 g/mol. The van der Waals surface area contributed by atoms with Gasteiger partial charge in [-0.15, -0.1) is 0 Å². The zero-order chi connectivity index (χ0) is 12.1. The summed E-state index contributed by atoms with van der Waals surface area (Å²) in [7, 11) is 0. The Hall–Kier alpha value is -0.300. The molecule has 0 N–H and O–H groups in total. The fraction of sp³-hybridized carbons (Fsp3) is 0.600. The molecule has 1 heteroatoms. The average molecular weight is 283 g/mol. The highest BCUT2D eigenvalue weighted by Crippen LogP contribution is 2.18. The third kappa shape index (κ3) is 4.69. The SMILES string of the molecule is CC(C)Cc1ccc(CC(Br)C(C)C)cc1. The van der Waals surface area contributed by atoms with Crippen molar-refractivity contribution in [2.75, 3.05) is 0 Å². The van der Waals surface area contributed by atoms with E-state index < -0.39 is 0 Å². The summed E-state index contributed by atoms with van der Waals surface area (Å²) in [5.41, 5.74) is 2.89.